The second-order valence-electron chi connectivity index (χ2n) is 3.98. The smallest absolute Gasteiger partial charge is 0 e. The molecule has 0 bridgehead atoms. The molecule has 189 valence electrons. The Labute approximate surface area is 248 Å². The van der Waals surface area contributed by atoms with E-state index in [1.165, 1.54) is 13.8 Å². The summed E-state index contributed by atoms with van der Waals surface area (Å²) in [6, 6.07) is 0. The van der Waals surface area contributed by atoms with Crippen LogP contribution in [0.2, 0.25) is 0 Å². The van der Waals surface area contributed by atoms with Gasteiger partial charge in [-0.05, 0) is 0 Å². The van der Waals surface area contributed by atoms with E-state index in [1.807, 2.05) is 0 Å². The molecule has 0 aliphatic heterocycles. The predicted molar refractivity (Wildman–Crippen MR) is 118 cm³/mol. The van der Waals surface area contributed by atoms with Crippen LogP contribution in [0.5, 0.6) is 0 Å². The van der Waals surface area contributed by atoms with Crippen LogP contribution in [0.4, 0.5) is 0 Å². The number of rotatable bonds is 13. The van der Waals surface area contributed by atoms with Crippen molar-refractivity contribution in [3.05, 3.63) is 0 Å². The Bertz CT molecular complexity index is 305. The average molecular weight is 942 g/mol. The summed E-state index contributed by atoms with van der Waals surface area (Å²) in [6.07, 6.45) is 0. The SMILES string of the molecule is CCOOC(C)(O)O[O][InH2].CCOOC(C)(O[O][InH2])OOCC.O.O.O.[Cl][In]([Cl])[Cl].[In]. The molecule has 3 radical (unpaired) electrons. The summed E-state index contributed by atoms with van der Waals surface area (Å²) in [5, 5.41) is 8.98. The Morgan fingerprint density at radius 2 is 1.00 bits per heavy atom. The molecule has 1 atom stereocenters. The standard InChI is InChI=1S/C6H14O6.C4H10O5.3ClH.4In.3H2O.4H/c1-4-8-11-6(3,10-7)12-9-5-2;1-3-7-9-4(2,5)8-6;;;;;;;;;;;;;;/h7H,4-5H2,1-3H3;5-6H,3H2,1-2H3;3*1H;;;;;3*1H2;;;;/q;;;;;;2*+1;+3;;;;;;;/p-5. The van der Waals surface area contributed by atoms with Gasteiger partial charge in [0.25, 0.3) is 0 Å². The maximum absolute atomic E-state index is 8.98. The molecular weight excluding hydrogens is 910 g/mol. The zero-order valence-corrected chi connectivity index (χ0v) is 38.7. The molecule has 0 aliphatic carbocycles. The fourth-order valence-corrected chi connectivity index (χ4v) is 2.61. The molecule has 1 unspecified atom stereocenters. The van der Waals surface area contributed by atoms with Crippen LogP contribution in [0, 0.1) is 0 Å². The average Bonchev–Trinajstić information content (AvgIpc) is 2.57. The molecule has 0 heterocycles. The Kier molecular flexibility index (Phi) is 59.6. The molecule has 0 spiro atoms. The van der Waals surface area contributed by atoms with Crippen LogP contribution in [0.25, 0.3) is 0 Å². The normalized spacial score (nSPS) is 11.3. The van der Waals surface area contributed by atoms with Crippen LogP contribution in [0.3, 0.4) is 0 Å². The molecule has 0 fully saturated rings. The summed E-state index contributed by atoms with van der Waals surface area (Å²) >= 11 is -2.40. The fourth-order valence-electron chi connectivity index (χ4n) is 0.862. The first-order chi connectivity index (χ1) is 12.5. The van der Waals surface area contributed by atoms with E-state index in [9.17, 15) is 0 Å². The molecule has 14 nitrogen and oxygen atoms in total. The van der Waals surface area contributed by atoms with Crippen molar-refractivity contribution in [3.8, 4) is 0 Å². The Morgan fingerprint density at radius 1 is 0.710 bits per heavy atom. The van der Waals surface area contributed by atoms with E-state index in [0.717, 1.165) is 0 Å². The van der Waals surface area contributed by atoms with Crippen molar-refractivity contribution in [3.63, 3.8) is 0 Å². The Balaban J connectivity index is -0.0000000579. The van der Waals surface area contributed by atoms with Crippen molar-refractivity contribution in [1.82, 2.24) is 0 Å². The minimum absolute atomic E-state index is 0. The van der Waals surface area contributed by atoms with Crippen LogP contribution in [-0.2, 0) is 45.1 Å². The van der Waals surface area contributed by atoms with Gasteiger partial charge in [0.05, 0.1) is 0 Å². The van der Waals surface area contributed by atoms with Crippen molar-refractivity contribution >= 4 is 119 Å². The largest absolute Gasteiger partial charge is 0 e. The van der Waals surface area contributed by atoms with E-state index in [-0.39, 0.29) is 91.9 Å². The number of hydrogen-bond donors (Lipinski definition) is 1. The van der Waals surface area contributed by atoms with Gasteiger partial charge in [-0.3, -0.25) is 0 Å². The first-order valence-corrected chi connectivity index (χ1v) is 24.7. The predicted octanol–water partition coefficient (Wildman–Crippen LogP) is -1.96. The van der Waals surface area contributed by atoms with Gasteiger partial charge >= 0.3 is 210 Å². The van der Waals surface area contributed by atoms with Crippen molar-refractivity contribution < 1.29 is 66.6 Å². The molecule has 0 amide bonds. The summed E-state index contributed by atoms with van der Waals surface area (Å²) in [7, 11) is 15.0. The Morgan fingerprint density at radius 3 is 1.26 bits per heavy atom. The third-order valence-corrected chi connectivity index (χ3v) is 2.41. The molecule has 7 N–H and O–H groups in total. The van der Waals surface area contributed by atoms with Gasteiger partial charge in [-0.2, -0.15) is 0 Å². The molecule has 0 saturated heterocycles. The van der Waals surface area contributed by atoms with Gasteiger partial charge in [0.2, 0.25) is 0 Å². The van der Waals surface area contributed by atoms with E-state index < -0.39 is 29.8 Å². The van der Waals surface area contributed by atoms with Crippen molar-refractivity contribution in [1.29, 1.82) is 0 Å². The maximum Gasteiger partial charge on any atom is 0 e. The molecular formula is C10H32Cl3In4O14. The summed E-state index contributed by atoms with van der Waals surface area (Å²) < 4.78 is 8.96. The van der Waals surface area contributed by atoms with E-state index in [2.05, 4.69) is 30.4 Å². The summed E-state index contributed by atoms with van der Waals surface area (Å²) in [5.41, 5.74) is 0. The molecule has 0 aromatic heterocycles. The minimum Gasteiger partial charge on any atom is 0 e. The van der Waals surface area contributed by atoms with Crippen LogP contribution < -0.4 is 0 Å². The van der Waals surface area contributed by atoms with Crippen LogP contribution in [-0.4, -0.2) is 147 Å². The second-order valence-corrected chi connectivity index (χ2v) is 20.6. The quantitative estimate of drug-likeness (QED) is 0.122. The minimum atomic E-state index is -2.22. The molecule has 21 heteroatoms. The van der Waals surface area contributed by atoms with Crippen molar-refractivity contribution in [2.24, 2.45) is 0 Å². The zero-order valence-electron chi connectivity index (χ0n) is 18.4. The molecule has 31 heavy (non-hydrogen) atoms. The fraction of sp³-hybridized carbons (Fsp3) is 1.00. The van der Waals surface area contributed by atoms with Gasteiger partial charge in [0, 0.05) is 25.8 Å². The number of halogens is 3. The molecule has 0 rings (SSSR count). The molecule has 0 aromatic carbocycles. The second kappa shape index (κ2) is 35.9. The molecule has 0 aliphatic rings. The zero-order chi connectivity index (χ0) is 21.8. The van der Waals surface area contributed by atoms with E-state index >= 15 is 0 Å². The van der Waals surface area contributed by atoms with Crippen LogP contribution in [0.15, 0.2) is 0 Å². The third-order valence-electron chi connectivity index (χ3n) is 1.46. The van der Waals surface area contributed by atoms with Gasteiger partial charge < -0.3 is 16.4 Å². The van der Waals surface area contributed by atoms with Gasteiger partial charge in [0.1, 0.15) is 0 Å². The molecule has 0 saturated carbocycles. The summed E-state index contributed by atoms with van der Waals surface area (Å²) in [4.78, 5) is 36.7. The monoisotopic (exact) mass is 941 g/mol. The maximum atomic E-state index is 8.98. The van der Waals surface area contributed by atoms with E-state index in [4.69, 9.17) is 45.5 Å². The van der Waals surface area contributed by atoms with Gasteiger partial charge in [-0.1, -0.05) is 0 Å². The third kappa shape index (κ3) is 47.6. The summed E-state index contributed by atoms with van der Waals surface area (Å²) in [6.45, 7) is 9.11. The van der Waals surface area contributed by atoms with Gasteiger partial charge in [0.15, 0.2) is 0 Å². The van der Waals surface area contributed by atoms with Crippen molar-refractivity contribution in [2.45, 2.75) is 46.6 Å². The Hall–Kier alpha value is 3.79. The first kappa shape index (κ1) is 51.4. The summed E-state index contributed by atoms with van der Waals surface area (Å²) in [5.74, 6) is -3.25. The topological polar surface area (TPSA) is 207 Å². The van der Waals surface area contributed by atoms with Gasteiger partial charge in [-0.15, -0.1) is 0 Å². The number of aliphatic hydroxyl groups is 1. The van der Waals surface area contributed by atoms with E-state index in [0.29, 0.717) is 19.8 Å². The van der Waals surface area contributed by atoms with Crippen LogP contribution in [0.1, 0.15) is 34.6 Å². The van der Waals surface area contributed by atoms with Gasteiger partial charge in [-0.25, -0.2) is 0 Å². The van der Waals surface area contributed by atoms with Crippen molar-refractivity contribution in [2.75, 3.05) is 19.8 Å². The van der Waals surface area contributed by atoms with Crippen LogP contribution >= 0.6 is 25.7 Å². The number of hydrogen-bond acceptors (Lipinski definition) is 11. The first-order valence-electron chi connectivity index (χ1n) is 7.54. The molecule has 0 aromatic rings. The van der Waals surface area contributed by atoms with E-state index in [1.54, 1.807) is 20.8 Å².